The maximum atomic E-state index is 9.42. The number of phenolic OH excluding ortho intramolecular Hbond substituents is 1. The molecule has 0 amide bonds. The maximum Gasteiger partial charge on any atom is 0.187 e. The zero-order valence-corrected chi connectivity index (χ0v) is 7.97. The van der Waals surface area contributed by atoms with E-state index in [0.717, 1.165) is 5.39 Å². The Morgan fingerprint density at radius 2 is 1.93 bits per heavy atom. The van der Waals surface area contributed by atoms with Crippen molar-refractivity contribution in [2.75, 3.05) is 0 Å². The normalized spacial score (nSPS) is 9.86. The average molecular weight is 244 g/mol. The third-order valence-corrected chi connectivity index (χ3v) is 2.41. The fourth-order valence-corrected chi connectivity index (χ4v) is 1.43. The minimum Gasteiger partial charge on any atom is -0.506 e. The van der Waals surface area contributed by atoms with Crippen LogP contribution in [0, 0.1) is 0 Å². The number of aromatic hydroxyl groups is 1. The fourth-order valence-electron chi connectivity index (χ4n) is 1.13. The van der Waals surface area contributed by atoms with Crippen molar-refractivity contribution < 1.29 is 5.11 Å². The zero-order valence-electron chi connectivity index (χ0n) is 6.46. The number of phenols is 1. The van der Waals surface area contributed by atoms with Gasteiger partial charge in [-0.1, -0.05) is 35.3 Å². The molecular formula is C9H8AlCl2NO. The molecule has 2 aromatic rings. The number of hydrogen-bond donors (Lipinski definition) is 1. The lowest BCUT2D eigenvalue weighted by molar-refractivity contribution is 0.480. The number of para-hydroxylation sites is 1. The number of rotatable bonds is 0. The quantitative estimate of drug-likeness (QED) is 0.568. The Kier molecular flexibility index (Phi) is 3.63. The third kappa shape index (κ3) is 1.97. The van der Waals surface area contributed by atoms with Crippen LogP contribution in [0.3, 0.4) is 0 Å². The number of halogens is 2. The minimum absolute atomic E-state index is 0. The first kappa shape index (κ1) is 11.6. The molecule has 0 saturated carbocycles. The van der Waals surface area contributed by atoms with E-state index in [-0.39, 0.29) is 28.3 Å². The number of hydrogen-bond acceptors (Lipinski definition) is 2. The summed E-state index contributed by atoms with van der Waals surface area (Å²) in [5, 5.41) is 10.8. The second kappa shape index (κ2) is 4.38. The van der Waals surface area contributed by atoms with Gasteiger partial charge >= 0.3 is 0 Å². The number of pyridine rings is 1. The molecule has 1 aromatic carbocycles. The molecule has 2 nitrogen and oxygen atoms in total. The van der Waals surface area contributed by atoms with Gasteiger partial charge in [0.15, 0.2) is 17.4 Å². The molecule has 2 rings (SSSR count). The second-order valence-electron chi connectivity index (χ2n) is 2.61. The van der Waals surface area contributed by atoms with Crippen molar-refractivity contribution >= 4 is 51.5 Å². The number of fused-ring (bicyclic) bond motifs is 1. The summed E-state index contributed by atoms with van der Waals surface area (Å²) in [6.07, 6.45) is 0. The van der Waals surface area contributed by atoms with Crippen LogP contribution in [0.1, 0.15) is 0 Å². The summed E-state index contributed by atoms with van der Waals surface area (Å²) in [5.41, 5.74) is 0.469. The first-order valence-corrected chi connectivity index (χ1v) is 4.38. The monoisotopic (exact) mass is 243 g/mol. The smallest absolute Gasteiger partial charge is 0.187 e. The van der Waals surface area contributed by atoms with Gasteiger partial charge in [-0.25, -0.2) is 4.98 Å². The molecule has 0 aliphatic heterocycles. The van der Waals surface area contributed by atoms with Gasteiger partial charge in [0.25, 0.3) is 0 Å². The molecule has 0 aliphatic carbocycles. The number of aromatic nitrogens is 1. The Balaban J connectivity index is 0.000000980. The molecule has 0 spiro atoms. The minimum atomic E-state index is 0. The van der Waals surface area contributed by atoms with Crippen molar-refractivity contribution in [2.45, 2.75) is 0 Å². The van der Waals surface area contributed by atoms with Crippen LogP contribution < -0.4 is 0 Å². The SMILES string of the molecule is Oc1cccc2cc(Cl)c(Cl)nc12.[AlH3]. The Morgan fingerprint density at radius 3 is 2.64 bits per heavy atom. The van der Waals surface area contributed by atoms with Gasteiger partial charge < -0.3 is 5.11 Å². The van der Waals surface area contributed by atoms with E-state index in [2.05, 4.69) is 4.98 Å². The van der Waals surface area contributed by atoms with Crippen LogP contribution in [0.2, 0.25) is 10.2 Å². The van der Waals surface area contributed by atoms with E-state index in [1.54, 1.807) is 18.2 Å². The van der Waals surface area contributed by atoms with Crippen LogP contribution in [0.4, 0.5) is 0 Å². The van der Waals surface area contributed by atoms with Gasteiger partial charge in [-0.15, -0.1) is 0 Å². The molecule has 14 heavy (non-hydrogen) atoms. The topological polar surface area (TPSA) is 33.1 Å². The summed E-state index contributed by atoms with van der Waals surface area (Å²) in [4.78, 5) is 3.96. The van der Waals surface area contributed by atoms with E-state index in [1.807, 2.05) is 6.07 Å². The molecule has 0 bridgehead atoms. The summed E-state index contributed by atoms with van der Waals surface area (Å²) >= 11 is 11.5. The van der Waals surface area contributed by atoms with Crippen molar-refractivity contribution in [1.29, 1.82) is 0 Å². The van der Waals surface area contributed by atoms with Crippen molar-refractivity contribution in [1.82, 2.24) is 4.98 Å². The number of benzene rings is 1. The standard InChI is InChI=1S/C9H5Cl2NO.Al.3H/c10-6-4-5-2-1-3-7(13)8(5)12-9(6)11;;;;/h1-4,13H;;;;. The summed E-state index contributed by atoms with van der Waals surface area (Å²) in [6, 6.07) is 6.76. The van der Waals surface area contributed by atoms with Crippen LogP contribution in [-0.4, -0.2) is 27.5 Å². The second-order valence-corrected chi connectivity index (χ2v) is 3.38. The summed E-state index contributed by atoms with van der Waals surface area (Å²) < 4.78 is 0. The van der Waals surface area contributed by atoms with Gasteiger partial charge in [-0.05, 0) is 12.1 Å². The largest absolute Gasteiger partial charge is 0.506 e. The van der Waals surface area contributed by atoms with E-state index in [0.29, 0.717) is 10.5 Å². The molecule has 1 N–H and O–H groups in total. The van der Waals surface area contributed by atoms with Crippen molar-refractivity contribution in [3.05, 3.63) is 34.4 Å². The van der Waals surface area contributed by atoms with Crippen LogP contribution in [-0.2, 0) is 0 Å². The molecule has 1 heterocycles. The molecule has 0 fully saturated rings. The van der Waals surface area contributed by atoms with Gasteiger partial charge in [0.1, 0.15) is 16.4 Å². The van der Waals surface area contributed by atoms with E-state index >= 15 is 0 Å². The Morgan fingerprint density at radius 1 is 1.21 bits per heavy atom. The van der Waals surface area contributed by atoms with Crippen LogP contribution in [0.5, 0.6) is 5.75 Å². The zero-order chi connectivity index (χ0) is 9.42. The highest BCUT2D eigenvalue weighted by Gasteiger charge is 2.05. The van der Waals surface area contributed by atoms with Gasteiger partial charge in [0.05, 0.1) is 5.02 Å². The highest BCUT2D eigenvalue weighted by Crippen LogP contribution is 2.28. The molecule has 0 aliphatic rings. The lowest BCUT2D eigenvalue weighted by Crippen LogP contribution is -1.81. The molecule has 0 atom stereocenters. The summed E-state index contributed by atoms with van der Waals surface area (Å²) in [7, 11) is 0. The van der Waals surface area contributed by atoms with Gasteiger partial charge in [-0.2, -0.15) is 0 Å². The summed E-state index contributed by atoms with van der Waals surface area (Å²) in [5.74, 6) is 0.107. The predicted octanol–water partition coefficient (Wildman–Crippen LogP) is 2.06. The Bertz CT molecular complexity index is 476. The van der Waals surface area contributed by atoms with Crippen LogP contribution in [0.15, 0.2) is 24.3 Å². The number of nitrogens with zero attached hydrogens (tertiary/aromatic N) is 1. The van der Waals surface area contributed by atoms with E-state index in [4.69, 9.17) is 23.2 Å². The predicted molar refractivity (Wildman–Crippen MR) is 63.4 cm³/mol. The lowest BCUT2D eigenvalue weighted by atomic mass is 10.2. The fraction of sp³-hybridized carbons (Fsp3) is 0. The van der Waals surface area contributed by atoms with E-state index < -0.39 is 0 Å². The molecule has 0 radical (unpaired) electrons. The first-order chi connectivity index (χ1) is 6.18. The molecule has 0 saturated heterocycles. The first-order valence-electron chi connectivity index (χ1n) is 3.62. The van der Waals surface area contributed by atoms with Crippen molar-refractivity contribution in [3.63, 3.8) is 0 Å². The maximum absolute atomic E-state index is 9.42. The summed E-state index contributed by atoms with van der Waals surface area (Å²) in [6.45, 7) is 0. The van der Waals surface area contributed by atoms with E-state index in [1.165, 1.54) is 0 Å². The lowest BCUT2D eigenvalue weighted by Gasteiger charge is -2.01. The Labute approximate surface area is 102 Å². The highest BCUT2D eigenvalue weighted by atomic mass is 35.5. The highest BCUT2D eigenvalue weighted by molar-refractivity contribution is 6.41. The Hall–Kier alpha value is -0.458. The van der Waals surface area contributed by atoms with E-state index in [9.17, 15) is 5.11 Å². The molecular weight excluding hydrogens is 236 g/mol. The van der Waals surface area contributed by atoms with Gasteiger partial charge in [-0.3, -0.25) is 0 Å². The van der Waals surface area contributed by atoms with Crippen LogP contribution in [0.25, 0.3) is 10.9 Å². The van der Waals surface area contributed by atoms with Crippen molar-refractivity contribution in [3.8, 4) is 5.75 Å². The molecule has 72 valence electrons. The van der Waals surface area contributed by atoms with Crippen LogP contribution >= 0.6 is 23.2 Å². The third-order valence-electron chi connectivity index (χ3n) is 1.74. The van der Waals surface area contributed by atoms with Gasteiger partial charge in [0, 0.05) is 5.39 Å². The molecule has 1 aromatic heterocycles. The van der Waals surface area contributed by atoms with Crippen molar-refractivity contribution in [2.24, 2.45) is 0 Å². The molecule has 0 unspecified atom stereocenters. The van der Waals surface area contributed by atoms with Gasteiger partial charge in [0.2, 0.25) is 0 Å². The molecule has 5 heteroatoms. The average Bonchev–Trinajstić information content (AvgIpc) is 2.09.